The number of piperidine rings is 1. The van der Waals surface area contributed by atoms with E-state index in [-0.39, 0.29) is 5.91 Å². The first kappa shape index (κ1) is 17.1. The molecule has 2 N–H and O–H groups in total. The number of aromatic nitrogens is 3. The second kappa shape index (κ2) is 7.89. The number of ether oxygens (including phenoxy) is 1. The monoisotopic (exact) mass is 342 g/mol. The third-order valence-corrected chi connectivity index (χ3v) is 4.06. The van der Waals surface area contributed by atoms with Gasteiger partial charge in [-0.3, -0.25) is 4.79 Å². The van der Waals surface area contributed by atoms with E-state index >= 15 is 0 Å². The molecule has 1 aromatic heterocycles. The highest BCUT2D eigenvalue weighted by molar-refractivity contribution is 5.89. The summed E-state index contributed by atoms with van der Waals surface area (Å²) in [7, 11) is 1.75. The van der Waals surface area contributed by atoms with Crippen LogP contribution in [0.2, 0.25) is 0 Å². The van der Waals surface area contributed by atoms with Crippen LogP contribution < -0.4 is 15.5 Å². The SMILES string of the molecule is COC1CCN(c2ncnc(Nc3cccc(NC(C)=O)c3)n2)CC1. The van der Waals surface area contributed by atoms with Crippen LogP contribution in [0, 0.1) is 0 Å². The zero-order valence-corrected chi connectivity index (χ0v) is 14.4. The molecule has 1 aromatic carbocycles. The van der Waals surface area contributed by atoms with E-state index in [1.807, 2.05) is 24.3 Å². The Morgan fingerprint density at radius 1 is 1.24 bits per heavy atom. The van der Waals surface area contributed by atoms with Crippen molar-refractivity contribution in [2.24, 2.45) is 0 Å². The van der Waals surface area contributed by atoms with Crippen molar-refractivity contribution < 1.29 is 9.53 Å². The van der Waals surface area contributed by atoms with Gasteiger partial charge in [0.2, 0.25) is 17.8 Å². The number of hydrogen-bond donors (Lipinski definition) is 2. The van der Waals surface area contributed by atoms with Gasteiger partial charge in [-0.2, -0.15) is 4.98 Å². The second-order valence-corrected chi connectivity index (χ2v) is 5.92. The Morgan fingerprint density at radius 3 is 2.72 bits per heavy atom. The largest absolute Gasteiger partial charge is 0.381 e. The van der Waals surface area contributed by atoms with Crippen LogP contribution in [0.4, 0.5) is 23.3 Å². The van der Waals surface area contributed by atoms with Gasteiger partial charge in [-0.15, -0.1) is 0 Å². The van der Waals surface area contributed by atoms with Gasteiger partial charge in [0.25, 0.3) is 0 Å². The zero-order chi connectivity index (χ0) is 17.6. The Labute approximate surface area is 146 Å². The van der Waals surface area contributed by atoms with Crippen molar-refractivity contribution in [3.63, 3.8) is 0 Å². The number of rotatable bonds is 5. The van der Waals surface area contributed by atoms with Crippen molar-refractivity contribution in [2.45, 2.75) is 25.9 Å². The number of carbonyl (C=O) groups is 1. The molecule has 8 nitrogen and oxygen atoms in total. The number of benzene rings is 1. The average molecular weight is 342 g/mol. The number of amides is 1. The van der Waals surface area contributed by atoms with Gasteiger partial charge in [-0.05, 0) is 31.0 Å². The lowest BCUT2D eigenvalue weighted by Gasteiger charge is -2.31. The van der Waals surface area contributed by atoms with Crippen LogP contribution in [0.3, 0.4) is 0 Å². The number of anilines is 4. The second-order valence-electron chi connectivity index (χ2n) is 5.92. The summed E-state index contributed by atoms with van der Waals surface area (Å²) in [5.74, 6) is 1.02. The summed E-state index contributed by atoms with van der Waals surface area (Å²) in [6, 6.07) is 7.39. The molecule has 0 saturated carbocycles. The van der Waals surface area contributed by atoms with Gasteiger partial charge >= 0.3 is 0 Å². The lowest BCUT2D eigenvalue weighted by molar-refractivity contribution is -0.114. The predicted molar refractivity (Wildman–Crippen MR) is 96.1 cm³/mol. The molecule has 1 saturated heterocycles. The van der Waals surface area contributed by atoms with Crippen LogP contribution in [0.25, 0.3) is 0 Å². The van der Waals surface area contributed by atoms with Crippen molar-refractivity contribution in [1.29, 1.82) is 0 Å². The molecule has 1 aliphatic rings. The molecule has 0 atom stereocenters. The van der Waals surface area contributed by atoms with E-state index in [4.69, 9.17) is 4.74 Å². The number of methoxy groups -OCH3 is 1. The van der Waals surface area contributed by atoms with E-state index in [0.717, 1.165) is 31.6 Å². The summed E-state index contributed by atoms with van der Waals surface area (Å²) < 4.78 is 5.39. The van der Waals surface area contributed by atoms with Crippen molar-refractivity contribution in [3.8, 4) is 0 Å². The highest BCUT2D eigenvalue weighted by Crippen LogP contribution is 2.21. The topological polar surface area (TPSA) is 92.3 Å². The maximum atomic E-state index is 11.2. The van der Waals surface area contributed by atoms with Gasteiger partial charge in [0.15, 0.2) is 0 Å². The van der Waals surface area contributed by atoms with Crippen LogP contribution in [-0.2, 0) is 9.53 Å². The molecule has 8 heteroatoms. The maximum absolute atomic E-state index is 11.2. The first-order valence-corrected chi connectivity index (χ1v) is 8.25. The van der Waals surface area contributed by atoms with E-state index in [2.05, 4.69) is 30.5 Å². The molecule has 132 valence electrons. The smallest absolute Gasteiger partial charge is 0.231 e. The zero-order valence-electron chi connectivity index (χ0n) is 14.4. The van der Waals surface area contributed by atoms with Crippen LogP contribution in [0.15, 0.2) is 30.6 Å². The minimum absolute atomic E-state index is 0.112. The van der Waals surface area contributed by atoms with Gasteiger partial charge in [-0.25, -0.2) is 9.97 Å². The first-order chi connectivity index (χ1) is 12.1. The van der Waals surface area contributed by atoms with Gasteiger partial charge in [0.05, 0.1) is 6.10 Å². The highest BCUT2D eigenvalue weighted by Gasteiger charge is 2.20. The normalized spacial score (nSPS) is 15.0. The molecule has 0 unspecified atom stereocenters. The van der Waals surface area contributed by atoms with Crippen LogP contribution in [-0.4, -0.2) is 47.2 Å². The number of nitrogens with zero attached hydrogens (tertiary/aromatic N) is 4. The molecule has 0 radical (unpaired) electrons. The van der Waals surface area contributed by atoms with E-state index < -0.39 is 0 Å². The summed E-state index contributed by atoms with van der Waals surface area (Å²) in [5, 5.41) is 5.90. The van der Waals surface area contributed by atoms with Gasteiger partial charge in [0.1, 0.15) is 6.33 Å². The molecule has 1 aliphatic heterocycles. The van der Waals surface area contributed by atoms with Crippen LogP contribution in [0.5, 0.6) is 0 Å². The molecule has 1 fully saturated rings. The van der Waals surface area contributed by atoms with Gasteiger partial charge in [-0.1, -0.05) is 6.07 Å². The highest BCUT2D eigenvalue weighted by atomic mass is 16.5. The van der Waals surface area contributed by atoms with Crippen molar-refractivity contribution >= 4 is 29.2 Å². The fourth-order valence-electron chi connectivity index (χ4n) is 2.80. The molecule has 2 aromatic rings. The van der Waals surface area contributed by atoms with Crippen molar-refractivity contribution in [1.82, 2.24) is 15.0 Å². The molecule has 1 amide bonds. The molecule has 0 bridgehead atoms. The molecule has 0 spiro atoms. The van der Waals surface area contributed by atoms with E-state index in [1.54, 1.807) is 7.11 Å². The first-order valence-electron chi connectivity index (χ1n) is 8.25. The maximum Gasteiger partial charge on any atom is 0.231 e. The van der Waals surface area contributed by atoms with Crippen LogP contribution >= 0.6 is 0 Å². The molecule has 25 heavy (non-hydrogen) atoms. The lowest BCUT2D eigenvalue weighted by Crippen LogP contribution is -2.37. The van der Waals surface area contributed by atoms with E-state index in [9.17, 15) is 4.79 Å². The summed E-state index contributed by atoms with van der Waals surface area (Å²) in [6.45, 7) is 3.20. The Kier molecular flexibility index (Phi) is 5.39. The Balaban J connectivity index is 1.69. The third kappa shape index (κ3) is 4.63. The minimum Gasteiger partial charge on any atom is -0.381 e. The molecule has 0 aliphatic carbocycles. The number of hydrogen-bond acceptors (Lipinski definition) is 7. The summed E-state index contributed by atoms with van der Waals surface area (Å²) in [6.07, 6.45) is 3.74. The Morgan fingerprint density at radius 2 is 2.00 bits per heavy atom. The molecule has 2 heterocycles. The third-order valence-electron chi connectivity index (χ3n) is 4.06. The molecule has 3 rings (SSSR count). The lowest BCUT2D eigenvalue weighted by atomic mass is 10.1. The molecular formula is C17H22N6O2. The standard InChI is InChI=1S/C17H22N6O2/c1-12(24)20-13-4-3-5-14(10-13)21-16-18-11-19-17(22-16)23-8-6-15(25-2)7-9-23/h3-5,10-11,15H,6-9H2,1-2H3,(H,20,24)(H,18,19,21,22). The fraction of sp³-hybridized carbons (Fsp3) is 0.412. The number of nitrogens with one attached hydrogen (secondary N) is 2. The minimum atomic E-state index is -0.112. The molecular weight excluding hydrogens is 320 g/mol. The van der Waals surface area contributed by atoms with Crippen molar-refractivity contribution in [3.05, 3.63) is 30.6 Å². The quantitative estimate of drug-likeness (QED) is 0.860. The fourth-order valence-corrected chi connectivity index (χ4v) is 2.80. The summed E-state index contributed by atoms with van der Waals surface area (Å²) in [4.78, 5) is 26.3. The van der Waals surface area contributed by atoms with Crippen LogP contribution in [0.1, 0.15) is 19.8 Å². The average Bonchev–Trinajstić information content (AvgIpc) is 2.62. The van der Waals surface area contributed by atoms with Crippen molar-refractivity contribution in [2.75, 3.05) is 35.7 Å². The number of carbonyl (C=O) groups excluding carboxylic acids is 1. The van der Waals surface area contributed by atoms with E-state index in [0.29, 0.717) is 23.7 Å². The summed E-state index contributed by atoms with van der Waals surface area (Å²) >= 11 is 0. The van der Waals surface area contributed by atoms with Gasteiger partial charge < -0.3 is 20.3 Å². The van der Waals surface area contributed by atoms with E-state index in [1.165, 1.54) is 13.3 Å². The predicted octanol–water partition coefficient (Wildman–Crippen LogP) is 2.19. The Hall–Kier alpha value is -2.74. The Bertz CT molecular complexity index is 731. The summed E-state index contributed by atoms with van der Waals surface area (Å²) in [5.41, 5.74) is 1.51. The van der Waals surface area contributed by atoms with Gasteiger partial charge in [0, 0.05) is 38.5 Å².